The minimum atomic E-state index is -0.272. The van der Waals surface area contributed by atoms with Crippen molar-refractivity contribution < 1.29 is 4.79 Å². The molecule has 5 heteroatoms. The SMILES string of the molecule is Cn1ccc2cc(NC(=O)Nc3ccncc3)ccc21. The van der Waals surface area contributed by atoms with Gasteiger partial charge in [-0.2, -0.15) is 0 Å². The summed E-state index contributed by atoms with van der Waals surface area (Å²) in [6.45, 7) is 0. The van der Waals surface area contributed by atoms with Gasteiger partial charge in [0, 0.05) is 47.9 Å². The lowest BCUT2D eigenvalue weighted by atomic mass is 10.2. The third-order valence-electron chi connectivity index (χ3n) is 3.08. The monoisotopic (exact) mass is 266 g/mol. The average Bonchev–Trinajstić information content (AvgIpc) is 2.81. The highest BCUT2D eigenvalue weighted by Crippen LogP contribution is 2.19. The van der Waals surface area contributed by atoms with Crippen LogP contribution in [-0.4, -0.2) is 15.6 Å². The Hall–Kier alpha value is -2.82. The van der Waals surface area contributed by atoms with Crippen molar-refractivity contribution in [3.05, 3.63) is 55.0 Å². The Morgan fingerprint density at radius 2 is 1.80 bits per heavy atom. The number of aromatic nitrogens is 2. The number of amides is 2. The van der Waals surface area contributed by atoms with Crippen LogP contribution >= 0.6 is 0 Å². The summed E-state index contributed by atoms with van der Waals surface area (Å²) in [7, 11) is 1.99. The molecular weight excluding hydrogens is 252 g/mol. The third kappa shape index (κ3) is 2.47. The molecule has 2 heterocycles. The molecule has 0 bridgehead atoms. The van der Waals surface area contributed by atoms with E-state index in [9.17, 15) is 4.79 Å². The van der Waals surface area contributed by atoms with Crippen LogP contribution < -0.4 is 10.6 Å². The topological polar surface area (TPSA) is 59.0 Å². The summed E-state index contributed by atoms with van der Waals surface area (Å²) in [4.78, 5) is 15.8. The molecule has 20 heavy (non-hydrogen) atoms. The molecule has 2 amide bonds. The summed E-state index contributed by atoms with van der Waals surface area (Å²) in [5, 5.41) is 6.65. The molecule has 0 atom stereocenters. The number of carbonyl (C=O) groups is 1. The third-order valence-corrected chi connectivity index (χ3v) is 3.08. The van der Waals surface area contributed by atoms with E-state index < -0.39 is 0 Å². The van der Waals surface area contributed by atoms with Gasteiger partial charge in [-0.1, -0.05) is 0 Å². The fourth-order valence-electron chi connectivity index (χ4n) is 2.09. The van der Waals surface area contributed by atoms with Gasteiger partial charge in [0.2, 0.25) is 0 Å². The van der Waals surface area contributed by atoms with Crippen molar-refractivity contribution in [2.24, 2.45) is 7.05 Å². The molecule has 3 aromatic rings. The van der Waals surface area contributed by atoms with E-state index >= 15 is 0 Å². The first-order chi connectivity index (χ1) is 9.72. The maximum absolute atomic E-state index is 11.9. The second-order valence-electron chi connectivity index (χ2n) is 4.52. The van der Waals surface area contributed by atoms with Crippen LogP contribution in [0.2, 0.25) is 0 Å². The fraction of sp³-hybridized carbons (Fsp3) is 0.0667. The summed E-state index contributed by atoms with van der Waals surface area (Å²) in [6, 6.07) is 11.0. The number of fused-ring (bicyclic) bond motifs is 1. The molecule has 0 spiro atoms. The molecule has 2 aromatic heterocycles. The van der Waals surface area contributed by atoms with E-state index in [-0.39, 0.29) is 6.03 Å². The van der Waals surface area contributed by atoms with E-state index in [0.29, 0.717) is 5.69 Å². The molecule has 5 nitrogen and oxygen atoms in total. The zero-order valence-corrected chi connectivity index (χ0v) is 11.0. The van der Waals surface area contributed by atoms with Crippen LogP contribution in [0.25, 0.3) is 10.9 Å². The predicted octanol–water partition coefficient (Wildman–Crippen LogP) is 3.22. The number of nitrogens with one attached hydrogen (secondary N) is 2. The van der Waals surface area contributed by atoms with Gasteiger partial charge in [-0.05, 0) is 36.4 Å². The Morgan fingerprint density at radius 3 is 2.60 bits per heavy atom. The van der Waals surface area contributed by atoms with E-state index in [4.69, 9.17) is 0 Å². The van der Waals surface area contributed by atoms with E-state index in [1.807, 2.05) is 42.1 Å². The number of urea groups is 1. The van der Waals surface area contributed by atoms with Gasteiger partial charge >= 0.3 is 6.03 Å². The Labute approximate surface area is 116 Å². The average molecular weight is 266 g/mol. The Morgan fingerprint density at radius 1 is 1.05 bits per heavy atom. The highest BCUT2D eigenvalue weighted by atomic mass is 16.2. The van der Waals surface area contributed by atoms with Crippen LogP contribution in [-0.2, 0) is 7.05 Å². The minimum absolute atomic E-state index is 0.272. The second kappa shape index (κ2) is 5.05. The molecule has 0 aliphatic heterocycles. The van der Waals surface area contributed by atoms with Crippen molar-refractivity contribution in [1.29, 1.82) is 0 Å². The van der Waals surface area contributed by atoms with Crippen molar-refractivity contribution in [2.45, 2.75) is 0 Å². The van der Waals surface area contributed by atoms with Crippen molar-refractivity contribution in [3.63, 3.8) is 0 Å². The van der Waals surface area contributed by atoms with Crippen LogP contribution in [0, 0.1) is 0 Å². The maximum atomic E-state index is 11.9. The van der Waals surface area contributed by atoms with Gasteiger partial charge < -0.3 is 15.2 Å². The lowest BCUT2D eigenvalue weighted by Gasteiger charge is -2.07. The summed E-state index contributed by atoms with van der Waals surface area (Å²) in [5.74, 6) is 0. The largest absolute Gasteiger partial charge is 0.351 e. The number of anilines is 2. The van der Waals surface area contributed by atoms with Crippen LogP contribution in [0.4, 0.5) is 16.2 Å². The lowest BCUT2D eigenvalue weighted by Crippen LogP contribution is -2.19. The zero-order chi connectivity index (χ0) is 13.9. The minimum Gasteiger partial charge on any atom is -0.351 e. The Kier molecular flexibility index (Phi) is 3.09. The van der Waals surface area contributed by atoms with E-state index in [2.05, 4.69) is 15.6 Å². The summed E-state index contributed by atoms with van der Waals surface area (Å²) in [6.07, 6.45) is 5.25. The molecule has 0 saturated heterocycles. The zero-order valence-electron chi connectivity index (χ0n) is 11.0. The number of hydrogen-bond acceptors (Lipinski definition) is 2. The Balaban J connectivity index is 1.74. The van der Waals surface area contributed by atoms with E-state index in [1.165, 1.54) is 0 Å². The van der Waals surface area contributed by atoms with Crippen molar-refractivity contribution >= 4 is 28.3 Å². The standard InChI is InChI=1S/C15H14N4O/c1-19-9-6-11-10-13(2-3-14(11)19)18-15(20)17-12-4-7-16-8-5-12/h2-10H,1H3,(H2,16,17,18,20). The van der Waals surface area contributed by atoms with Crippen LogP contribution in [0.1, 0.15) is 0 Å². The van der Waals surface area contributed by atoms with Crippen LogP contribution in [0.5, 0.6) is 0 Å². The van der Waals surface area contributed by atoms with Crippen molar-refractivity contribution in [1.82, 2.24) is 9.55 Å². The quantitative estimate of drug-likeness (QED) is 0.748. The van der Waals surface area contributed by atoms with Gasteiger partial charge in [-0.3, -0.25) is 4.98 Å². The lowest BCUT2D eigenvalue weighted by molar-refractivity contribution is 0.262. The molecule has 1 aromatic carbocycles. The number of rotatable bonds is 2. The first-order valence-corrected chi connectivity index (χ1v) is 6.25. The van der Waals surface area contributed by atoms with Crippen molar-refractivity contribution in [2.75, 3.05) is 10.6 Å². The van der Waals surface area contributed by atoms with Gasteiger partial charge in [0.25, 0.3) is 0 Å². The number of carbonyl (C=O) groups excluding carboxylic acids is 1. The van der Waals surface area contributed by atoms with Gasteiger partial charge in [0.1, 0.15) is 0 Å². The predicted molar refractivity (Wildman–Crippen MR) is 79.8 cm³/mol. The van der Waals surface area contributed by atoms with E-state index in [1.54, 1.807) is 24.5 Å². The van der Waals surface area contributed by atoms with Gasteiger partial charge in [-0.15, -0.1) is 0 Å². The summed E-state index contributed by atoms with van der Waals surface area (Å²) < 4.78 is 2.04. The molecule has 2 N–H and O–H groups in total. The van der Waals surface area contributed by atoms with Crippen molar-refractivity contribution in [3.8, 4) is 0 Å². The normalized spacial score (nSPS) is 10.4. The first-order valence-electron chi connectivity index (χ1n) is 6.25. The first kappa shape index (κ1) is 12.2. The highest BCUT2D eigenvalue weighted by Gasteiger charge is 2.04. The molecule has 0 fully saturated rings. The number of benzene rings is 1. The smallest absolute Gasteiger partial charge is 0.323 e. The second-order valence-corrected chi connectivity index (χ2v) is 4.52. The molecule has 0 unspecified atom stereocenters. The van der Waals surface area contributed by atoms with E-state index in [0.717, 1.165) is 16.6 Å². The van der Waals surface area contributed by atoms with Gasteiger partial charge in [0.05, 0.1) is 0 Å². The molecule has 0 saturated carbocycles. The summed E-state index contributed by atoms with van der Waals surface area (Å²) >= 11 is 0. The fourth-order valence-corrected chi connectivity index (χ4v) is 2.09. The van der Waals surface area contributed by atoms with Gasteiger partial charge in [-0.25, -0.2) is 4.79 Å². The molecule has 100 valence electrons. The van der Waals surface area contributed by atoms with Crippen LogP contribution in [0.15, 0.2) is 55.0 Å². The summed E-state index contributed by atoms with van der Waals surface area (Å²) in [5.41, 5.74) is 2.60. The number of nitrogens with zero attached hydrogens (tertiary/aromatic N) is 2. The highest BCUT2D eigenvalue weighted by molar-refractivity contribution is 6.00. The molecule has 0 aliphatic rings. The molecule has 0 aliphatic carbocycles. The number of aryl methyl sites for hydroxylation is 1. The maximum Gasteiger partial charge on any atom is 0.323 e. The number of pyridine rings is 1. The Bertz CT molecular complexity index is 749. The molecule has 0 radical (unpaired) electrons. The van der Waals surface area contributed by atoms with Gasteiger partial charge in [0.15, 0.2) is 0 Å². The molecule has 3 rings (SSSR count). The molecular formula is C15H14N4O. The van der Waals surface area contributed by atoms with Crippen LogP contribution in [0.3, 0.4) is 0 Å². The number of hydrogen-bond donors (Lipinski definition) is 2.